The summed E-state index contributed by atoms with van der Waals surface area (Å²) in [5.74, 6) is -5.34. The Hall–Kier alpha value is -3.74. The van der Waals surface area contributed by atoms with Gasteiger partial charge in [-0.15, -0.1) is 0 Å². The molecule has 1 saturated carbocycles. The quantitative estimate of drug-likeness (QED) is 0.265. The van der Waals surface area contributed by atoms with Gasteiger partial charge < -0.3 is 9.30 Å². The van der Waals surface area contributed by atoms with Crippen molar-refractivity contribution in [2.75, 3.05) is 4.90 Å². The van der Waals surface area contributed by atoms with E-state index < -0.39 is 47.4 Å². The molecule has 3 heterocycles. The molecule has 2 amide bonds. The Bertz CT molecular complexity index is 1420. The van der Waals surface area contributed by atoms with Gasteiger partial charge in [-0.3, -0.25) is 19.2 Å². The van der Waals surface area contributed by atoms with Crippen molar-refractivity contribution >= 4 is 51.2 Å². The molecule has 3 fully saturated rings. The number of benzene rings is 2. The van der Waals surface area contributed by atoms with Crippen LogP contribution in [0, 0.1) is 35.5 Å². The van der Waals surface area contributed by atoms with E-state index in [1.165, 1.54) is 4.90 Å². The fourth-order valence-electron chi connectivity index (χ4n) is 6.80. The molecule has 0 spiro atoms. The van der Waals surface area contributed by atoms with Gasteiger partial charge in [0.15, 0.2) is 0 Å². The van der Waals surface area contributed by atoms with Gasteiger partial charge in [-0.05, 0) is 31.2 Å². The summed E-state index contributed by atoms with van der Waals surface area (Å²) in [7, 11) is 0. The van der Waals surface area contributed by atoms with Crippen LogP contribution in [-0.4, -0.2) is 28.3 Å². The fourth-order valence-corrected chi connectivity index (χ4v) is 6.80. The number of rotatable bonds is 2. The van der Waals surface area contributed by atoms with Gasteiger partial charge in [0.2, 0.25) is 11.8 Å². The van der Waals surface area contributed by atoms with Crippen molar-refractivity contribution in [1.29, 1.82) is 0 Å². The van der Waals surface area contributed by atoms with Gasteiger partial charge in [0.1, 0.15) is 0 Å². The average Bonchev–Trinajstić information content (AvgIpc) is 3.42. The zero-order chi connectivity index (χ0) is 22.6. The first-order valence-electron chi connectivity index (χ1n) is 11.3. The SMILES string of the molecule is CCn1c2ccccc2c2cc(N3C(=O)C4C5C=CC(C6C(=O)OC(=O)C56)C4C3=O)ccc21. The highest BCUT2D eigenvalue weighted by Gasteiger charge is 2.68. The second-order valence-electron chi connectivity index (χ2n) is 9.36. The summed E-state index contributed by atoms with van der Waals surface area (Å²) < 4.78 is 7.09. The lowest BCUT2D eigenvalue weighted by atomic mass is 9.54. The summed E-state index contributed by atoms with van der Waals surface area (Å²) in [4.78, 5) is 53.2. The Morgan fingerprint density at radius 2 is 1.36 bits per heavy atom. The minimum absolute atomic E-state index is 0.298. The number of ether oxygens (including phenoxy) is 1. The molecule has 0 N–H and O–H groups in total. The maximum atomic E-state index is 13.6. The number of hydrogen-bond donors (Lipinski definition) is 0. The van der Waals surface area contributed by atoms with E-state index in [1.54, 1.807) is 0 Å². The largest absolute Gasteiger partial charge is 0.393 e. The van der Waals surface area contributed by atoms with Crippen LogP contribution in [0.5, 0.6) is 0 Å². The second-order valence-corrected chi connectivity index (χ2v) is 9.36. The van der Waals surface area contributed by atoms with E-state index in [2.05, 4.69) is 17.6 Å². The summed E-state index contributed by atoms with van der Waals surface area (Å²) in [6, 6.07) is 13.8. The smallest absolute Gasteiger partial charge is 0.318 e. The monoisotopic (exact) mass is 440 g/mol. The molecule has 3 aromatic rings. The Kier molecular flexibility index (Phi) is 3.52. The van der Waals surface area contributed by atoms with E-state index in [-0.39, 0.29) is 11.8 Å². The number of aryl methyl sites for hydroxylation is 1. The second kappa shape index (κ2) is 6.19. The third kappa shape index (κ3) is 2.15. The van der Waals surface area contributed by atoms with Crippen molar-refractivity contribution < 1.29 is 23.9 Å². The van der Waals surface area contributed by atoms with Crippen molar-refractivity contribution in [2.45, 2.75) is 13.5 Å². The minimum atomic E-state index is -0.671. The average molecular weight is 440 g/mol. The molecule has 3 aliphatic carbocycles. The molecule has 7 nitrogen and oxygen atoms in total. The maximum Gasteiger partial charge on any atom is 0.318 e. The standard InChI is InChI=1S/C26H20N2O5/c1-2-27-17-6-4-3-5-13(17)16-11-12(7-10-18(16)27)28-23(29)19-14-8-9-15(20(19)24(28)30)22-21(14)25(31)33-26(22)32/h3-11,14-15,19-22H,2H2,1H3. The molecule has 8 rings (SSSR count). The Morgan fingerprint density at radius 3 is 2.00 bits per heavy atom. The third-order valence-corrected chi connectivity index (χ3v) is 8.08. The van der Waals surface area contributed by atoms with Gasteiger partial charge in [0.05, 0.1) is 29.4 Å². The molecule has 2 bridgehead atoms. The zero-order valence-corrected chi connectivity index (χ0v) is 17.8. The number of imide groups is 1. The molecule has 2 saturated heterocycles. The van der Waals surface area contributed by atoms with Crippen LogP contribution in [0.1, 0.15) is 6.92 Å². The number of allylic oxidation sites excluding steroid dienone is 2. The Labute approximate surface area is 188 Å². The molecule has 6 unspecified atom stereocenters. The first kappa shape index (κ1) is 18.8. The molecular weight excluding hydrogens is 420 g/mol. The molecule has 2 aromatic carbocycles. The summed E-state index contributed by atoms with van der Waals surface area (Å²) in [6.45, 7) is 2.89. The van der Waals surface area contributed by atoms with Gasteiger partial charge in [0.25, 0.3) is 0 Å². The minimum Gasteiger partial charge on any atom is -0.393 e. The van der Waals surface area contributed by atoms with E-state index in [4.69, 9.17) is 4.74 Å². The van der Waals surface area contributed by atoms with Gasteiger partial charge in [-0.2, -0.15) is 0 Å². The molecule has 0 radical (unpaired) electrons. The van der Waals surface area contributed by atoms with Gasteiger partial charge in [-0.1, -0.05) is 30.4 Å². The van der Waals surface area contributed by atoms with Crippen LogP contribution in [0.4, 0.5) is 5.69 Å². The number of aromatic nitrogens is 1. The molecule has 164 valence electrons. The highest BCUT2D eigenvalue weighted by molar-refractivity contribution is 6.24. The van der Waals surface area contributed by atoms with Crippen molar-refractivity contribution in [3.05, 3.63) is 54.6 Å². The zero-order valence-electron chi connectivity index (χ0n) is 17.8. The van der Waals surface area contributed by atoms with Gasteiger partial charge in [-0.25, -0.2) is 4.90 Å². The molecule has 33 heavy (non-hydrogen) atoms. The number of fused-ring (bicyclic) bond motifs is 3. The highest BCUT2D eigenvalue weighted by Crippen LogP contribution is 2.57. The van der Waals surface area contributed by atoms with Gasteiger partial charge >= 0.3 is 11.9 Å². The molecule has 6 atom stereocenters. The molecular formula is C26H20N2O5. The molecule has 5 aliphatic rings. The summed E-state index contributed by atoms with van der Waals surface area (Å²) in [5.41, 5.74) is 2.68. The number of anilines is 1. The first-order chi connectivity index (χ1) is 16.0. The van der Waals surface area contributed by atoms with E-state index in [1.807, 2.05) is 48.6 Å². The summed E-state index contributed by atoms with van der Waals surface area (Å²) >= 11 is 0. The van der Waals surface area contributed by atoms with Crippen LogP contribution < -0.4 is 4.90 Å². The fraction of sp³-hybridized carbons (Fsp3) is 0.308. The number of para-hydroxylation sites is 1. The first-order valence-corrected chi connectivity index (χ1v) is 11.3. The van der Waals surface area contributed by atoms with Crippen molar-refractivity contribution in [2.24, 2.45) is 35.5 Å². The summed E-state index contributed by atoms with van der Waals surface area (Å²) in [6.07, 6.45) is 3.67. The van der Waals surface area contributed by atoms with Crippen LogP contribution in [0.25, 0.3) is 21.8 Å². The molecule has 1 aromatic heterocycles. The van der Waals surface area contributed by atoms with Crippen LogP contribution >= 0.6 is 0 Å². The number of carbonyl (C=O) groups is 4. The number of cyclic esters (lactones) is 2. The lowest BCUT2D eigenvalue weighted by molar-refractivity contribution is -0.154. The van der Waals surface area contributed by atoms with Crippen LogP contribution in [0.2, 0.25) is 0 Å². The van der Waals surface area contributed by atoms with E-state index in [9.17, 15) is 19.2 Å². The number of nitrogens with zero attached hydrogens (tertiary/aromatic N) is 2. The van der Waals surface area contributed by atoms with Crippen molar-refractivity contribution in [3.63, 3.8) is 0 Å². The number of amides is 2. The normalized spacial score (nSPS) is 32.2. The number of esters is 2. The molecule has 7 heteroatoms. The number of carbonyl (C=O) groups excluding carboxylic acids is 4. The van der Waals surface area contributed by atoms with Crippen molar-refractivity contribution in [1.82, 2.24) is 4.57 Å². The topological polar surface area (TPSA) is 85.7 Å². The Morgan fingerprint density at radius 1 is 0.758 bits per heavy atom. The lowest BCUT2D eigenvalue weighted by Gasteiger charge is -2.43. The van der Waals surface area contributed by atoms with E-state index in [0.29, 0.717) is 5.69 Å². The number of hydrogen-bond acceptors (Lipinski definition) is 5. The van der Waals surface area contributed by atoms with E-state index in [0.717, 1.165) is 28.4 Å². The van der Waals surface area contributed by atoms with Crippen molar-refractivity contribution in [3.8, 4) is 0 Å². The van der Waals surface area contributed by atoms with Crippen LogP contribution in [0.15, 0.2) is 54.6 Å². The maximum absolute atomic E-state index is 13.6. The lowest BCUT2D eigenvalue weighted by Crippen LogP contribution is -2.50. The molecule has 2 aliphatic heterocycles. The predicted molar refractivity (Wildman–Crippen MR) is 119 cm³/mol. The van der Waals surface area contributed by atoms with Gasteiger partial charge in [0, 0.05) is 40.2 Å². The van der Waals surface area contributed by atoms with Crippen LogP contribution in [0.3, 0.4) is 0 Å². The predicted octanol–water partition coefficient (Wildman–Crippen LogP) is 3.05. The Balaban J connectivity index is 1.36. The van der Waals surface area contributed by atoms with E-state index >= 15 is 0 Å². The summed E-state index contributed by atoms with van der Waals surface area (Å²) in [5, 5.41) is 2.05. The highest BCUT2D eigenvalue weighted by atomic mass is 16.6. The van der Waals surface area contributed by atoms with Crippen LogP contribution in [-0.2, 0) is 30.5 Å². The third-order valence-electron chi connectivity index (χ3n) is 8.08.